The van der Waals surface area contributed by atoms with Crippen molar-refractivity contribution in [2.45, 2.75) is 25.8 Å². The quantitative estimate of drug-likeness (QED) is 0.529. The Morgan fingerprint density at radius 3 is 2.86 bits per heavy atom. The standard InChI is InChI=1S/C14H18N2O4S2/c1-10(16-14(17)6-7-21-22(18,19)20)8-11-9-15-13-5-3-2-4-12(11)13/h2-5,9-10,15H,6-8H2,1H3,(H,16,17)(H,18,19,20)/t10-/m1/s1. The van der Waals surface area contributed by atoms with Crippen molar-refractivity contribution in [2.24, 2.45) is 0 Å². The highest BCUT2D eigenvalue weighted by atomic mass is 33.1. The Balaban J connectivity index is 1.85. The average Bonchev–Trinajstić information content (AvgIpc) is 2.80. The van der Waals surface area contributed by atoms with E-state index in [-0.39, 0.29) is 24.1 Å². The molecule has 1 amide bonds. The molecule has 22 heavy (non-hydrogen) atoms. The molecule has 6 nitrogen and oxygen atoms in total. The molecule has 1 aromatic carbocycles. The summed E-state index contributed by atoms with van der Waals surface area (Å²) in [7, 11) is -3.72. The lowest BCUT2D eigenvalue weighted by atomic mass is 10.1. The molecule has 120 valence electrons. The fraction of sp³-hybridized carbons (Fsp3) is 0.357. The zero-order valence-corrected chi connectivity index (χ0v) is 13.7. The van der Waals surface area contributed by atoms with Crippen LogP contribution in [0.3, 0.4) is 0 Å². The van der Waals surface area contributed by atoms with Crippen molar-refractivity contribution in [2.75, 3.05) is 5.75 Å². The number of hydrogen-bond acceptors (Lipinski definition) is 4. The first kappa shape index (κ1) is 16.9. The molecule has 3 N–H and O–H groups in total. The van der Waals surface area contributed by atoms with Crippen molar-refractivity contribution < 1.29 is 17.8 Å². The summed E-state index contributed by atoms with van der Waals surface area (Å²) in [4.78, 5) is 14.9. The van der Waals surface area contributed by atoms with Crippen molar-refractivity contribution in [3.8, 4) is 0 Å². The van der Waals surface area contributed by atoms with Crippen molar-refractivity contribution in [3.05, 3.63) is 36.0 Å². The molecule has 0 aliphatic carbocycles. The van der Waals surface area contributed by atoms with Crippen molar-refractivity contribution in [1.82, 2.24) is 10.3 Å². The Morgan fingerprint density at radius 1 is 1.41 bits per heavy atom. The summed E-state index contributed by atoms with van der Waals surface area (Å²) in [5, 5.41) is 3.96. The summed E-state index contributed by atoms with van der Waals surface area (Å²) in [6, 6.07) is 7.88. The van der Waals surface area contributed by atoms with Gasteiger partial charge in [0.15, 0.2) is 0 Å². The van der Waals surface area contributed by atoms with Crippen LogP contribution in [0.15, 0.2) is 30.5 Å². The molecule has 1 heterocycles. The number of carbonyl (C=O) groups is 1. The average molecular weight is 342 g/mol. The molecule has 2 rings (SSSR count). The normalized spacial score (nSPS) is 13.2. The van der Waals surface area contributed by atoms with Gasteiger partial charge in [-0.25, -0.2) is 0 Å². The van der Waals surface area contributed by atoms with Crippen LogP contribution >= 0.6 is 10.8 Å². The molecule has 2 aromatic rings. The van der Waals surface area contributed by atoms with Crippen LogP contribution in [0, 0.1) is 0 Å². The first-order valence-corrected chi connectivity index (χ1v) is 9.75. The Hall–Kier alpha value is -1.51. The molecule has 0 fully saturated rings. The van der Waals surface area contributed by atoms with Crippen LogP contribution < -0.4 is 5.32 Å². The first-order chi connectivity index (χ1) is 10.3. The maximum absolute atomic E-state index is 11.7. The summed E-state index contributed by atoms with van der Waals surface area (Å²) < 4.78 is 29.7. The van der Waals surface area contributed by atoms with Crippen LogP contribution in [-0.2, 0) is 20.4 Å². The number of aromatic amines is 1. The Morgan fingerprint density at radius 2 is 2.14 bits per heavy atom. The summed E-state index contributed by atoms with van der Waals surface area (Å²) in [5.41, 5.74) is 2.18. The second-order valence-electron chi connectivity index (χ2n) is 5.03. The second kappa shape index (κ2) is 7.17. The van der Waals surface area contributed by atoms with E-state index in [4.69, 9.17) is 4.55 Å². The maximum atomic E-state index is 11.7. The summed E-state index contributed by atoms with van der Waals surface area (Å²) in [6.07, 6.45) is 2.66. The molecule has 1 aromatic heterocycles. The van der Waals surface area contributed by atoms with Crippen molar-refractivity contribution in [3.63, 3.8) is 0 Å². The lowest BCUT2D eigenvalue weighted by molar-refractivity contribution is -0.121. The predicted molar refractivity (Wildman–Crippen MR) is 88.2 cm³/mol. The van der Waals surface area contributed by atoms with Gasteiger partial charge in [-0.05, 0) is 35.8 Å². The second-order valence-corrected chi connectivity index (χ2v) is 8.50. The molecular weight excluding hydrogens is 324 g/mol. The fourth-order valence-electron chi connectivity index (χ4n) is 2.27. The zero-order valence-electron chi connectivity index (χ0n) is 12.1. The number of para-hydroxylation sites is 1. The molecule has 0 spiro atoms. The number of nitrogens with one attached hydrogen (secondary N) is 2. The van der Waals surface area contributed by atoms with Gasteiger partial charge >= 0.3 is 9.15 Å². The van der Waals surface area contributed by atoms with Crippen LogP contribution in [0.5, 0.6) is 0 Å². The third-order valence-corrected chi connectivity index (χ3v) is 5.23. The number of amides is 1. The molecule has 0 aliphatic rings. The molecular formula is C14H18N2O4S2. The van der Waals surface area contributed by atoms with Gasteiger partial charge in [0.2, 0.25) is 5.91 Å². The Bertz CT molecular complexity index is 755. The molecule has 1 atom stereocenters. The van der Waals surface area contributed by atoms with E-state index in [0.717, 1.165) is 16.5 Å². The predicted octanol–water partition coefficient (Wildman–Crippen LogP) is 2.14. The summed E-state index contributed by atoms with van der Waals surface area (Å²) in [6.45, 7) is 1.90. The smallest absolute Gasteiger partial charge is 0.319 e. The number of rotatable bonds is 7. The topological polar surface area (TPSA) is 99.3 Å². The number of H-pyrrole nitrogens is 1. The third kappa shape index (κ3) is 5.04. The molecule has 0 bridgehead atoms. The highest BCUT2D eigenvalue weighted by Gasteiger charge is 2.12. The number of fused-ring (bicyclic) bond motifs is 1. The van der Waals surface area contributed by atoms with Crippen LogP contribution in [0.1, 0.15) is 18.9 Å². The van der Waals surface area contributed by atoms with Gasteiger partial charge < -0.3 is 10.3 Å². The molecule has 0 unspecified atom stereocenters. The number of hydrogen-bond donors (Lipinski definition) is 3. The Kier molecular flexibility index (Phi) is 5.49. The van der Waals surface area contributed by atoms with Gasteiger partial charge in [-0.3, -0.25) is 9.35 Å². The van der Waals surface area contributed by atoms with E-state index < -0.39 is 9.15 Å². The third-order valence-electron chi connectivity index (χ3n) is 3.17. The lowest BCUT2D eigenvalue weighted by Gasteiger charge is -2.13. The van der Waals surface area contributed by atoms with Crippen molar-refractivity contribution in [1.29, 1.82) is 0 Å². The van der Waals surface area contributed by atoms with E-state index in [0.29, 0.717) is 17.2 Å². The lowest BCUT2D eigenvalue weighted by Crippen LogP contribution is -2.34. The number of aromatic nitrogens is 1. The van der Waals surface area contributed by atoms with Gasteiger partial charge in [-0.1, -0.05) is 18.2 Å². The van der Waals surface area contributed by atoms with Gasteiger partial charge in [0.1, 0.15) is 0 Å². The van der Waals surface area contributed by atoms with Gasteiger partial charge in [-0.15, -0.1) is 0 Å². The summed E-state index contributed by atoms with van der Waals surface area (Å²) in [5.74, 6) is -0.201. The van der Waals surface area contributed by atoms with Gasteiger partial charge in [-0.2, -0.15) is 8.42 Å². The molecule has 0 saturated carbocycles. The fourth-order valence-corrected chi connectivity index (χ4v) is 3.63. The zero-order chi connectivity index (χ0) is 16.2. The summed E-state index contributed by atoms with van der Waals surface area (Å²) >= 11 is 0. The van der Waals surface area contributed by atoms with E-state index in [9.17, 15) is 13.2 Å². The highest BCUT2D eigenvalue weighted by molar-refractivity contribution is 8.69. The van der Waals surface area contributed by atoms with Gasteiger partial charge in [0.25, 0.3) is 0 Å². The number of benzene rings is 1. The SMILES string of the molecule is C[C@H](Cc1c[nH]c2ccccc12)NC(=O)CCSS(=O)(=O)O. The van der Waals surface area contributed by atoms with Gasteiger partial charge in [0.05, 0.1) is 0 Å². The monoisotopic (exact) mass is 342 g/mol. The molecule has 0 aliphatic heterocycles. The van der Waals surface area contributed by atoms with E-state index in [2.05, 4.69) is 10.3 Å². The molecule has 8 heteroatoms. The van der Waals surface area contributed by atoms with Crippen molar-refractivity contribution >= 4 is 36.8 Å². The Labute approximate surface area is 132 Å². The minimum absolute atomic E-state index is 0.0322. The highest BCUT2D eigenvalue weighted by Crippen LogP contribution is 2.19. The minimum Gasteiger partial charge on any atom is -0.361 e. The minimum atomic E-state index is -4.08. The van der Waals surface area contributed by atoms with Crippen LogP contribution in [0.4, 0.5) is 0 Å². The maximum Gasteiger partial charge on any atom is 0.319 e. The van der Waals surface area contributed by atoms with Crippen LogP contribution in [-0.4, -0.2) is 35.7 Å². The van der Waals surface area contributed by atoms with Gasteiger partial charge in [0, 0.05) is 35.3 Å². The van der Waals surface area contributed by atoms with E-state index in [1.54, 1.807) is 0 Å². The van der Waals surface area contributed by atoms with Crippen LogP contribution in [0.2, 0.25) is 0 Å². The van der Waals surface area contributed by atoms with E-state index in [1.165, 1.54) is 0 Å². The van der Waals surface area contributed by atoms with E-state index >= 15 is 0 Å². The van der Waals surface area contributed by atoms with Crippen LogP contribution in [0.25, 0.3) is 10.9 Å². The first-order valence-electron chi connectivity index (χ1n) is 6.81. The number of carbonyl (C=O) groups excluding carboxylic acids is 1. The molecule has 0 radical (unpaired) electrons. The largest absolute Gasteiger partial charge is 0.361 e. The van der Waals surface area contributed by atoms with E-state index in [1.807, 2.05) is 37.4 Å². The molecule has 0 saturated heterocycles.